The predicted molar refractivity (Wildman–Crippen MR) is 70.8 cm³/mol. The first kappa shape index (κ1) is 12.3. The zero-order valence-corrected chi connectivity index (χ0v) is 10.3. The normalized spacial score (nSPS) is 10.9. The molecule has 4 nitrogen and oxygen atoms in total. The average molecular weight is 261 g/mol. The van der Waals surface area contributed by atoms with Crippen molar-refractivity contribution in [3.05, 3.63) is 62.7 Å². The van der Waals surface area contributed by atoms with Gasteiger partial charge in [0.05, 0.1) is 6.54 Å². The fourth-order valence-electron chi connectivity index (χ4n) is 1.51. The highest BCUT2D eigenvalue weighted by Gasteiger charge is 1.98. The molecule has 0 fully saturated rings. The molecule has 1 aromatic heterocycles. The van der Waals surface area contributed by atoms with E-state index in [-0.39, 0.29) is 4.87 Å². The lowest BCUT2D eigenvalue weighted by molar-refractivity contribution is -0.131. The maximum Gasteiger partial charge on any atom is 0.328 e. The van der Waals surface area contributed by atoms with Crippen LogP contribution in [0.25, 0.3) is 6.08 Å². The lowest BCUT2D eigenvalue weighted by Gasteiger charge is -2.02. The van der Waals surface area contributed by atoms with Crippen molar-refractivity contribution in [2.24, 2.45) is 0 Å². The van der Waals surface area contributed by atoms with Crippen LogP contribution in [-0.2, 0) is 11.3 Å². The highest BCUT2D eigenvalue weighted by Crippen LogP contribution is 2.07. The zero-order valence-electron chi connectivity index (χ0n) is 9.45. The number of hydrogen-bond donors (Lipinski definition) is 1. The lowest BCUT2D eigenvalue weighted by atomic mass is 10.1. The molecule has 0 radical (unpaired) electrons. The van der Waals surface area contributed by atoms with E-state index in [4.69, 9.17) is 5.11 Å². The molecule has 0 aliphatic rings. The number of carbonyl (C=O) groups is 1. The molecule has 1 aromatic carbocycles. The number of carboxylic acids is 1. The van der Waals surface area contributed by atoms with Crippen LogP contribution in [0.2, 0.25) is 0 Å². The molecule has 0 unspecified atom stereocenters. The molecule has 2 rings (SSSR count). The minimum Gasteiger partial charge on any atom is -0.478 e. The highest BCUT2D eigenvalue weighted by atomic mass is 32.1. The number of nitrogens with zero attached hydrogens (tertiary/aromatic N) is 1. The third kappa shape index (κ3) is 3.18. The van der Waals surface area contributed by atoms with Crippen LogP contribution in [0, 0.1) is 0 Å². The van der Waals surface area contributed by atoms with E-state index in [0.29, 0.717) is 6.54 Å². The van der Waals surface area contributed by atoms with E-state index in [9.17, 15) is 9.59 Å². The van der Waals surface area contributed by atoms with Crippen molar-refractivity contribution < 1.29 is 9.90 Å². The van der Waals surface area contributed by atoms with Gasteiger partial charge in [-0.2, -0.15) is 0 Å². The molecular weight excluding hydrogens is 250 g/mol. The molecule has 1 heterocycles. The summed E-state index contributed by atoms with van der Waals surface area (Å²) in [6.07, 6.45) is 4.38. The SMILES string of the molecule is O=C(O)C=Cc1ccc(Cn2ccsc2=O)cc1. The molecule has 2 aromatic rings. The highest BCUT2D eigenvalue weighted by molar-refractivity contribution is 7.07. The van der Waals surface area contributed by atoms with Crippen molar-refractivity contribution in [3.63, 3.8) is 0 Å². The number of benzene rings is 1. The largest absolute Gasteiger partial charge is 0.478 e. The minimum absolute atomic E-state index is 0.0184. The van der Waals surface area contributed by atoms with Crippen molar-refractivity contribution >= 4 is 23.4 Å². The number of thiazole rings is 1. The van der Waals surface area contributed by atoms with Gasteiger partial charge in [0.15, 0.2) is 0 Å². The van der Waals surface area contributed by atoms with Gasteiger partial charge in [-0.05, 0) is 17.2 Å². The molecule has 0 spiro atoms. The van der Waals surface area contributed by atoms with Crippen molar-refractivity contribution in [2.45, 2.75) is 6.54 Å². The fraction of sp³-hybridized carbons (Fsp3) is 0.0769. The molecule has 18 heavy (non-hydrogen) atoms. The quantitative estimate of drug-likeness (QED) is 0.857. The van der Waals surface area contributed by atoms with Gasteiger partial charge in [-0.3, -0.25) is 4.79 Å². The molecule has 0 aliphatic heterocycles. The molecule has 0 atom stereocenters. The lowest BCUT2D eigenvalue weighted by Crippen LogP contribution is -2.12. The molecular formula is C13H11NO3S. The van der Waals surface area contributed by atoms with Crippen LogP contribution in [0.3, 0.4) is 0 Å². The van der Waals surface area contributed by atoms with E-state index in [1.54, 1.807) is 16.1 Å². The van der Waals surface area contributed by atoms with Crippen molar-refractivity contribution in [3.8, 4) is 0 Å². The Morgan fingerprint density at radius 2 is 2.06 bits per heavy atom. The molecule has 0 amide bonds. The van der Waals surface area contributed by atoms with Crippen LogP contribution in [0.1, 0.15) is 11.1 Å². The summed E-state index contributed by atoms with van der Waals surface area (Å²) < 4.78 is 1.63. The number of rotatable bonds is 4. The Hall–Kier alpha value is -2.14. The number of aromatic nitrogens is 1. The van der Waals surface area contributed by atoms with Crippen molar-refractivity contribution in [1.29, 1.82) is 0 Å². The molecule has 0 bridgehead atoms. The molecule has 92 valence electrons. The van der Waals surface area contributed by atoms with Crippen LogP contribution in [0.5, 0.6) is 0 Å². The van der Waals surface area contributed by atoms with Gasteiger partial charge in [-0.15, -0.1) is 0 Å². The first-order chi connectivity index (χ1) is 8.65. The van der Waals surface area contributed by atoms with Gasteiger partial charge >= 0.3 is 10.8 Å². The van der Waals surface area contributed by atoms with Gasteiger partial charge < -0.3 is 9.67 Å². The summed E-state index contributed by atoms with van der Waals surface area (Å²) in [5, 5.41) is 10.3. The molecule has 0 saturated heterocycles. The molecule has 0 saturated carbocycles. The number of aliphatic carboxylic acids is 1. The van der Waals surface area contributed by atoms with Gasteiger partial charge in [-0.1, -0.05) is 35.6 Å². The third-order valence-electron chi connectivity index (χ3n) is 2.40. The Bertz CT molecular complexity index is 622. The number of carboxylic acid groups (broad SMARTS) is 1. The predicted octanol–water partition coefficient (Wildman–Crippen LogP) is 2.06. The maximum atomic E-state index is 11.4. The summed E-state index contributed by atoms with van der Waals surface area (Å²) >= 11 is 1.17. The fourth-order valence-corrected chi connectivity index (χ4v) is 2.09. The van der Waals surface area contributed by atoms with Crippen LogP contribution >= 0.6 is 11.3 Å². The standard InChI is InChI=1S/C13H11NO3S/c15-12(16)6-5-10-1-3-11(4-2-10)9-14-7-8-18-13(14)17/h1-8H,9H2,(H,15,16). The van der Waals surface area contributed by atoms with Gasteiger partial charge in [-0.25, -0.2) is 4.79 Å². The summed E-state index contributed by atoms with van der Waals surface area (Å²) in [5.74, 6) is -0.969. The van der Waals surface area contributed by atoms with Crippen LogP contribution in [0.4, 0.5) is 0 Å². The minimum atomic E-state index is -0.969. The molecule has 0 aliphatic carbocycles. The smallest absolute Gasteiger partial charge is 0.328 e. The van der Waals surface area contributed by atoms with E-state index < -0.39 is 5.97 Å². The summed E-state index contributed by atoms with van der Waals surface area (Å²) in [4.78, 5) is 21.8. The third-order valence-corrected chi connectivity index (χ3v) is 3.09. The zero-order chi connectivity index (χ0) is 13.0. The van der Waals surface area contributed by atoms with E-state index in [1.807, 2.05) is 24.3 Å². The molecule has 5 heteroatoms. The molecule has 1 N–H and O–H groups in total. The Labute approximate surface area is 107 Å². The summed E-state index contributed by atoms with van der Waals surface area (Å²) in [6, 6.07) is 7.41. The summed E-state index contributed by atoms with van der Waals surface area (Å²) in [6.45, 7) is 0.533. The van der Waals surface area contributed by atoms with Crippen LogP contribution in [0.15, 0.2) is 46.7 Å². The van der Waals surface area contributed by atoms with E-state index in [2.05, 4.69) is 0 Å². The van der Waals surface area contributed by atoms with Crippen LogP contribution < -0.4 is 4.87 Å². The second kappa shape index (κ2) is 5.46. The number of hydrogen-bond acceptors (Lipinski definition) is 3. The van der Waals surface area contributed by atoms with Crippen molar-refractivity contribution in [2.75, 3.05) is 0 Å². The van der Waals surface area contributed by atoms with Gasteiger partial charge in [0, 0.05) is 17.7 Å². The van der Waals surface area contributed by atoms with Gasteiger partial charge in [0.2, 0.25) is 0 Å². The van der Waals surface area contributed by atoms with Gasteiger partial charge in [0.1, 0.15) is 0 Å². The van der Waals surface area contributed by atoms with E-state index >= 15 is 0 Å². The average Bonchev–Trinajstić information content (AvgIpc) is 2.74. The Morgan fingerprint density at radius 3 is 2.61 bits per heavy atom. The topological polar surface area (TPSA) is 59.3 Å². The maximum absolute atomic E-state index is 11.4. The Kier molecular flexibility index (Phi) is 3.74. The Morgan fingerprint density at radius 1 is 1.33 bits per heavy atom. The second-order valence-electron chi connectivity index (χ2n) is 3.71. The first-order valence-corrected chi connectivity index (χ1v) is 6.17. The summed E-state index contributed by atoms with van der Waals surface area (Å²) in [5.41, 5.74) is 1.82. The van der Waals surface area contributed by atoms with Crippen LogP contribution in [-0.4, -0.2) is 15.6 Å². The monoisotopic (exact) mass is 261 g/mol. The second-order valence-corrected chi connectivity index (χ2v) is 4.57. The van der Waals surface area contributed by atoms with Crippen molar-refractivity contribution in [1.82, 2.24) is 4.57 Å². The van der Waals surface area contributed by atoms with E-state index in [0.717, 1.165) is 17.2 Å². The summed E-state index contributed by atoms with van der Waals surface area (Å²) in [7, 11) is 0. The Balaban J connectivity index is 2.11. The van der Waals surface area contributed by atoms with Gasteiger partial charge in [0.25, 0.3) is 0 Å². The van der Waals surface area contributed by atoms with E-state index in [1.165, 1.54) is 17.4 Å². The first-order valence-electron chi connectivity index (χ1n) is 5.29.